The Hall–Kier alpha value is -3.00. The van der Waals surface area contributed by atoms with Crippen LogP contribution in [0.25, 0.3) is 0 Å². The van der Waals surface area contributed by atoms with Gasteiger partial charge in [0, 0.05) is 25.3 Å². The third kappa shape index (κ3) is 4.22. The zero-order valence-corrected chi connectivity index (χ0v) is 16.6. The van der Waals surface area contributed by atoms with Crippen molar-refractivity contribution in [1.29, 1.82) is 0 Å². The van der Waals surface area contributed by atoms with Crippen LogP contribution < -0.4 is 16.0 Å². The summed E-state index contributed by atoms with van der Waals surface area (Å²) in [6, 6.07) is 7.61. The number of rotatable bonds is 4. The molecule has 2 saturated heterocycles. The third-order valence-corrected chi connectivity index (χ3v) is 5.46. The zero-order valence-electron chi connectivity index (χ0n) is 16.6. The summed E-state index contributed by atoms with van der Waals surface area (Å²) in [6.45, 7) is 4.64. The third-order valence-electron chi connectivity index (χ3n) is 5.46. The molecule has 29 heavy (non-hydrogen) atoms. The van der Waals surface area contributed by atoms with E-state index in [0.29, 0.717) is 30.2 Å². The Morgan fingerprint density at radius 2 is 2.17 bits per heavy atom. The summed E-state index contributed by atoms with van der Waals surface area (Å²) >= 11 is 0. The molecule has 3 heterocycles. The first-order valence-corrected chi connectivity index (χ1v) is 9.87. The molecule has 3 atom stereocenters. The molecule has 8 nitrogen and oxygen atoms in total. The Morgan fingerprint density at radius 1 is 1.31 bits per heavy atom. The number of ether oxygens (including phenoxy) is 1. The van der Waals surface area contributed by atoms with Crippen LogP contribution in [0.1, 0.15) is 51.9 Å². The number of carbonyl (C=O) groups excluding carboxylic acids is 2. The maximum atomic E-state index is 12.5. The number of hydrogen-bond acceptors (Lipinski definition) is 5. The van der Waals surface area contributed by atoms with Crippen molar-refractivity contribution in [2.45, 2.75) is 45.5 Å². The molecule has 1 aromatic heterocycles. The fraction of sp³-hybridized carbons (Fsp3) is 0.429. The van der Waals surface area contributed by atoms with Crippen molar-refractivity contribution in [3.8, 4) is 0 Å². The normalized spacial score (nSPS) is 23.5. The van der Waals surface area contributed by atoms with E-state index in [-0.39, 0.29) is 30.1 Å². The average Bonchev–Trinajstić information content (AvgIpc) is 2.71. The molecule has 2 aliphatic heterocycles. The number of hydrogen-bond donors (Lipinski definition) is 3. The van der Waals surface area contributed by atoms with Crippen molar-refractivity contribution in [2.24, 2.45) is 5.92 Å². The van der Waals surface area contributed by atoms with Gasteiger partial charge in [0.05, 0.1) is 17.3 Å². The molecular weight excluding hydrogens is 370 g/mol. The van der Waals surface area contributed by atoms with Gasteiger partial charge < -0.3 is 20.7 Å². The molecule has 0 spiro atoms. The zero-order chi connectivity index (χ0) is 20.4. The van der Waals surface area contributed by atoms with Gasteiger partial charge in [0.2, 0.25) is 0 Å². The lowest BCUT2D eigenvalue weighted by molar-refractivity contribution is -0.0602. The van der Waals surface area contributed by atoms with Gasteiger partial charge in [-0.15, -0.1) is 0 Å². The van der Waals surface area contributed by atoms with Crippen LogP contribution in [0.5, 0.6) is 0 Å². The number of carbonyl (C=O) groups is 2. The van der Waals surface area contributed by atoms with Gasteiger partial charge in [-0.1, -0.05) is 24.3 Å². The highest BCUT2D eigenvalue weighted by molar-refractivity contribution is 5.94. The fourth-order valence-corrected chi connectivity index (χ4v) is 4.02. The van der Waals surface area contributed by atoms with Gasteiger partial charge >= 0.3 is 6.03 Å². The molecule has 2 aromatic rings. The van der Waals surface area contributed by atoms with E-state index in [9.17, 15) is 9.59 Å². The van der Waals surface area contributed by atoms with Crippen LogP contribution in [0.2, 0.25) is 0 Å². The summed E-state index contributed by atoms with van der Waals surface area (Å²) in [5.74, 6) is 0.614. The van der Waals surface area contributed by atoms with Crippen molar-refractivity contribution >= 4 is 11.9 Å². The number of fused-ring (bicyclic) bond motifs is 1. The van der Waals surface area contributed by atoms with Crippen LogP contribution in [0.4, 0.5) is 4.79 Å². The van der Waals surface area contributed by atoms with Crippen molar-refractivity contribution in [1.82, 2.24) is 25.9 Å². The van der Waals surface area contributed by atoms with E-state index in [1.165, 1.54) is 0 Å². The lowest BCUT2D eigenvalue weighted by atomic mass is 9.85. The second kappa shape index (κ2) is 8.16. The first-order chi connectivity index (χ1) is 14.0. The summed E-state index contributed by atoms with van der Waals surface area (Å²) in [4.78, 5) is 32.9. The van der Waals surface area contributed by atoms with Gasteiger partial charge in [-0.25, -0.2) is 14.8 Å². The summed E-state index contributed by atoms with van der Waals surface area (Å²) in [6.07, 6.45) is 3.26. The second-order valence-corrected chi connectivity index (χ2v) is 7.54. The Morgan fingerprint density at radius 3 is 3.00 bits per heavy atom. The number of nitrogens with zero attached hydrogens (tertiary/aromatic N) is 2. The van der Waals surface area contributed by atoms with Crippen LogP contribution in [0.3, 0.4) is 0 Å². The number of benzene rings is 1. The molecule has 0 unspecified atom stereocenters. The molecule has 2 aliphatic rings. The first-order valence-electron chi connectivity index (χ1n) is 9.87. The van der Waals surface area contributed by atoms with Crippen LogP contribution in [0.15, 0.2) is 30.5 Å². The number of urea groups is 1. The molecule has 0 radical (unpaired) electrons. The van der Waals surface area contributed by atoms with Gasteiger partial charge in [0.25, 0.3) is 5.91 Å². The average molecular weight is 395 g/mol. The predicted molar refractivity (Wildman–Crippen MR) is 106 cm³/mol. The minimum Gasteiger partial charge on any atom is -0.358 e. The minimum atomic E-state index is -0.254. The molecule has 1 aromatic carbocycles. The SMILES string of the molecule is Cc1ncc(C(=O)NCc2cccc([C@@H]3NC(=O)N[C@H]4OCCC[C@H]43)c2)c(C)n1. The number of aryl methyl sites for hydroxylation is 2. The molecular formula is C21H25N5O3. The van der Waals surface area contributed by atoms with Gasteiger partial charge in [-0.3, -0.25) is 4.79 Å². The predicted octanol–water partition coefficient (Wildman–Crippen LogP) is 2.13. The van der Waals surface area contributed by atoms with Gasteiger partial charge in [-0.05, 0) is 37.8 Å². The highest BCUT2D eigenvalue weighted by atomic mass is 16.5. The van der Waals surface area contributed by atoms with Gasteiger partial charge in [0.1, 0.15) is 12.1 Å². The van der Waals surface area contributed by atoms with Crippen LogP contribution in [-0.4, -0.2) is 34.7 Å². The van der Waals surface area contributed by atoms with E-state index in [1.807, 2.05) is 24.3 Å². The van der Waals surface area contributed by atoms with E-state index in [0.717, 1.165) is 24.0 Å². The maximum absolute atomic E-state index is 12.5. The van der Waals surface area contributed by atoms with E-state index in [1.54, 1.807) is 20.0 Å². The van der Waals surface area contributed by atoms with E-state index in [4.69, 9.17) is 4.74 Å². The number of amides is 3. The Bertz CT molecular complexity index is 932. The lowest BCUT2D eigenvalue weighted by Crippen LogP contribution is -2.58. The Balaban J connectivity index is 1.47. The molecule has 4 rings (SSSR count). The largest absolute Gasteiger partial charge is 0.358 e. The molecule has 152 valence electrons. The highest BCUT2D eigenvalue weighted by Crippen LogP contribution is 2.34. The highest BCUT2D eigenvalue weighted by Gasteiger charge is 2.39. The molecule has 0 bridgehead atoms. The Kier molecular flexibility index (Phi) is 5.44. The van der Waals surface area contributed by atoms with E-state index < -0.39 is 0 Å². The van der Waals surface area contributed by atoms with Crippen LogP contribution in [-0.2, 0) is 11.3 Å². The van der Waals surface area contributed by atoms with Gasteiger partial charge in [-0.2, -0.15) is 0 Å². The Labute approximate surface area is 169 Å². The molecule has 0 aliphatic carbocycles. The molecule has 2 fully saturated rings. The van der Waals surface area contributed by atoms with Crippen LogP contribution in [0, 0.1) is 19.8 Å². The topological polar surface area (TPSA) is 105 Å². The van der Waals surface area contributed by atoms with E-state index >= 15 is 0 Å². The van der Waals surface area contributed by atoms with Crippen molar-refractivity contribution in [3.05, 3.63) is 58.7 Å². The quantitative estimate of drug-likeness (QED) is 0.736. The maximum Gasteiger partial charge on any atom is 0.317 e. The fourth-order valence-electron chi connectivity index (χ4n) is 4.02. The first kappa shape index (κ1) is 19.3. The summed E-state index contributed by atoms with van der Waals surface area (Å²) in [5, 5.41) is 8.82. The number of aromatic nitrogens is 2. The van der Waals surface area contributed by atoms with Gasteiger partial charge in [0.15, 0.2) is 0 Å². The summed E-state index contributed by atoms with van der Waals surface area (Å²) < 4.78 is 5.74. The van der Waals surface area contributed by atoms with Crippen molar-refractivity contribution < 1.29 is 14.3 Å². The van der Waals surface area contributed by atoms with E-state index in [2.05, 4.69) is 25.9 Å². The van der Waals surface area contributed by atoms with Crippen LogP contribution >= 0.6 is 0 Å². The smallest absolute Gasteiger partial charge is 0.317 e. The summed E-state index contributed by atoms with van der Waals surface area (Å²) in [5.41, 5.74) is 3.11. The van der Waals surface area contributed by atoms with Crippen molar-refractivity contribution in [2.75, 3.05) is 6.61 Å². The minimum absolute atomic E-state index is 0.113. The molecule has 3 amide bonds. The summed E-state index contributed by atoms with van der Waals surface area (Å²) in [7, 11) is 0. The number of nitrogens with one attached hydrogen (secondary N) is 3. The molecule has 8 heteroatoms. The lowest BCUT2D eigenvalue weighted by Gasteiger charge is -2.42. The van der Waals surface area contributed by atoms with Crippen molar-refractivity contribution in [3.63, 3.8) is 0 Å². The second-order valence-electron chi connectivity index (χ2n) is 7.54. The molecule has 3 N–H and O–H groups in total. The monoisotopic (exact) mass is 395 g/mol. The standard InChI is InChI=1S/C21H25N5O3/c1-12-17(11-22-13(2)24-12)19(27)23-10-14-5-3-6-15(9-14)18-16-7-4-8-29-20(16)26-21(28)25-18/h3,5-6,9,11,16,18,20H,4,7-8,10H2,1-2H3,(H,23,27)(H2,25,26,28)/t16-,18-,20-/m0/s1. The molecule has 0 saturated carbocycles.